The van der Waals surface area contributed by atoms with E-state index < -0.39 is 17.6 Å². The Hall–Kier alpha value is -3.15. The lowest BCUT2D eigenvalue weighted by Crippen LogP contribution is -2.41. The summed E-state index contributed by atoms with van der Waals surface area (Å²) in [5.41, 5.74) is 1.04. The van der Waals surface area contributed by atoms with Gasteiger partial charge in [-0.3, -0.25) is 14.4 Å². The fraction of sp³-hybridized carbons (Fsp3) is 0.167. The molecule has 2 saturated heterocycles. The Labute approximate surface area is 179 Å². The van der Waals surface area contributed by atoms with E-state index in [4.69, 9.17) is 16.4 Å². The number of nitrogens with zero attached hydrogens (tertiary/aromatic N) is 2. The summed E-state index contributed by atoms with van der Waals surface area (Å²) in [6, 6.07) is 25.5. The molecule has 2 aliphatic rings. The van der Waals surface area contributed by atoms with Crippen LogP contribution < -0.4 is 9.96 Å². The van der Waals surface area contributed by atoms with Crippen LogP contribution in [0.15, 0.2) is 84.9 Å². The SMILES string of the molecule is C[C@]12C(=O)N(c3cccc(Cl)c3)C(=O)[C@H]1ON(c1ccccc1)[C@@H]2c1ccccc1. The van der Waals surface area contributed by atoms with Crippen molar-refractivity contribution in [3.8, 4) is 0 Å². The maximum atomic E-state index is 13.7. The molecule has 5 nitrogen and oxygen atoms in total. The molecule has 0 radical (unpaired) electrons. The minimum Gasteiger partial charge on any atom is -0.273 e. The predicted octanol–water partition coefficient (Wildman–Crippen LogP) is 4.78. The van der Waals surface area contributed by atoms with Gasteiger partial charge in [-0.25, -0.2) is 9.96 Å². The summed E-state index contributed by atoms with van der Waals surface area (Å²) in [5, 5.41) is 2.16. The second-order valence-electron chi connectivity index (χ2n) is 7.70. The zero-order valence-electron chi connectivity index (χ0n) is 16.2. The number of hydroxylamine groups is 1. The Morgan fingerprint density at radius 3 is 2.17 bits per heavy atom. The maximum absolute atomic E-state index is 13.7. The van der Waals surface area contributed by atoms with E-state index in [1.807, 2.05) is 67.6 Å². The number of halogens is 1. The number of carbonyl (C=O) groups excluding carboxylic acids is 2. The molecule has 0 aromatic heterocycles. The zero-order valence-corrected chi connectivity index (χ0v) is 17.0. The highest BCUT2D eigenvalue weighted by molar-refractivity contribution is 6.31. The number of benzene rings is 3. The van der Waals surface area contributed by atoms with Gasteiger partial charge in [0.25, 0.3) is 5.91 Å². The van der Waals surface area contributed by atoms with E-state index in [0.717, 1.165) is 11.3 Å². The van der Waals surface area contributed by atoms with Gasteiger partial charge in [-0.05, 0) is 42.8 Å². The van der Waals surface area contributed by atoms with Crippen molar-refractivity contribution in [1.29, 1.82) is 0 Å². The van der Waals surface area contributed by atoms with Gasteiger partial charge in [-0.1, -0.05) is 66.2 Å². The summed E-state index contributed by atoms with van der Waals surface area (Å²) < 4.78 is 0. The molecular weight excluding hydrogens is 400 g/mol. The predicted molar refractivity (Wildman–Crippen MR) is 115 cm³/mol. The number of carbonyl (C=O) groups is 2. The highest BCUT2D eigenvalue weighted by Crippen LogP contribution is 2.55. The van der Waals surface area contributed by atoms with Crippen LogP contribution in [0.1, 0.15) is 18.5 Å². The number of fused-ring (bicyclic) bond motifs is 1. The average molecular weight is 419 g/mol. The molecule has 0 N–H and O–H groups in total. The first-order valence-corrected chi connectivity index (χ1v) is 10.1. The van der Waals surface area contributed by atoms with E-state index >= 15 is 0 Å². The smallest absolute Gasteiger partial charge is 0.266 e. The molecule has 30 heavy (non-hydrogen) atoms. The van der Waals surface area contributed by atoms with Crippen molar-refractivity contribution >= 4 is 34.8 Å². The minimum atomic E-state index is -1.10. The second kappa shape index (κ2) is 6.97. The molecule has 3 aromatic rings. The molecule has 2 amide bonds. The van der Waals surface area contributed by atoms with Crippen LogP contribution in [0.25, 0.3) is 0 Å². The first kappa shape index (κ1) is 18.9. The third kappa shape index (κ3) is 2.66. The van der Waals surface area contributed by atoms with Gasteiger partial charge in [0.2, 0.25) is 5.91 Å². The maximum Gasteiger partial charge on any atom is 0.266 e. The highest BCUT2D eigenvalue weighted by atomic mass is 35.5. The summed E-state index contributed by atoms with van der Waals surface area (Å²) in [6.45, 7) is 1.81. The van der Waals surface area contributed by atoms with Gasteiger partial charge in [0.15, 0.2) is 6.10 Å². The normalized spacial score (nSPS) is 25.7. The third-order valence-corrected chi connectivity index (χ3v) is 6.10. The molecule has 2 fully saturated rings. The molecule has 5 rings (SSSR count). The molecule has 150 valence electrons. The van der Waals surface area contributed by atoms with Crippen molar-refractivity contribution in [2.24, 2.45) is 5.41 Å². The van der Waals surface area contributed by atoms with Crippen molar-refractivity contribution in [1.82, 2.24) is 0 Å². The summed E-state index contributed by atoms with van der Waals surface area (Å²) in [7, 11) is 0. The van der Waals surface area contributed by atoms with Crippen LogP contribution in [0, 0.1) is 5.41 Å². The lowest BCUT2D eigenvalue weighted by atomic mass is 9.76. The van der Waals surface area contributed by atoms with Gasteiger partial charge in [0, 0.05) is 5.02 Å². The van der Waals surface area contributed by atoms with Gasteiger partial charge in [-0.2, -0.15) is 0 Å². The summed E-state index contributed by atoms with van der Waals surface area (Å²) in [6.07, 6.45) is -0.936. The van der Waals surface area contributed by atoms with Crippen LogP contribution in [-0.2, 0) is 14.4 Å². The second-order valence-corrected chi connectivity index (χ2v) is 8.14. The number of para-hydroxylation sites is 1. The van der Waals surface area contributed by atoms with E-state index in [9.17, 15) is 9.59 Å². The van der Waals surface area contributed by atoms with Crippen LogP contribution in [0.4, 0.5) is 11.4 Å². The molecule has 0 bridgehead atoms. The van der Waals surface area contributed by atoms with Gasteiger partial charge < -0.3 is 0 Å². The Morgan fingerprint density at radius 2 is 1.50 bits per heavy atom. The summed E-state index contributed by atoms with van der Waals surface area (Å²) in [4.78, 5) is 34.5. The summed E-state index contributed by atoms with van der Waals surface area (Å²) >= 11 is 6.11. The zero-order chi connectivity index (χ0) is 20.9. The highest BCUT2D eigenvalue weighted by Gasteiger charge is 2.68. The van der Waals surface area contributed by atoms with Crippen molar-refractivity contribution < 1.29 is 14.4 Å². The number of imide groups is 1. The fourth-order valence-electron chi connectivity index (χ4n) is 4.42. The van der Waals surface area contributed by atoms with Crippen LogP contribution in [0.5, 0.6) is 0 Å². The van der Waals surface area contributed by atoms with E-state index in [1.54, 1.807) is 29.3 Å². The molecule has 0 saturated carbocycles. The molecule has 2 heterocycles. The van der Waals surface area contributed by atoms with E-state index in [-0.39, 0.29) is 11.8 Å². The first-order valence-electron chi connectivity index (χ1n) is 9.72. The Kier molecular flexibility index (Phi) is 4.38. The third-order valence-electron chi connectivity index (χ3n) is 5.87. The van der Waals surface area contributed by atoms with Crippen molar-refractivity contribution in [2.45, 2.75) is 19.1 Å². The van der Waals surface area contributed by atoms with Crippen LogP contribution in [0.2, 0.25) is 5.02 Å². The Bertz CT molecular complexity index is 1120. The fourth-order valence-corrected chi connectivity index (χ4v) is 4.61. The molecule has 0 unspecified atom stereocenters. The molecule has 0 aliphatic carbocycles. The molecular formula is C24H19ClN2O3. The molecule has 0 spiro atoms. The van der Waals surface area contributed by atoms with Gasteiger partial charge in [-0.15, -0.1) is 0 Å². The number of rotatable bonds is 3. The van der Waals surface area contributed by atoms with Gasteiger partial charge >= 0.3 is 0 Å². The van der Waals surface area contributed by atoms with Crippen molar-refractivity contribution in [2.75, 3.05) is 9.96 Å². The van der Waals surface area contributed by atoms with E-state index in [0.29, 0.717) is 10.7 Å². The Morgan fingerprint density at radius 1 is 0.867 bits per heavy atom. The number of amides is 2. The first-order chi connectivity index (χ1) is 14.5. The van der Waals surface area contributed by atoms with Gasteiger partial charge in [0.05, 0.1) is 17.4 Å². The van der Waals surface area contributed by atoms with Crippen LogP contribution in [-0.4, -0.2) is 17.9 Å². The molecule has 3 aromatic carbocycles. The lowest BCUT2D eigenvalue weighted by Gasteiger charge is -2.32. The minimum absolute atomic E-state index is 0.299. The lowest BCUT2D eigenvalue weighted by molar-refractivity contribution is -0.128. The number of anilines is 2. The van der Waals surface area contributed by atoms with E-state index in [2.05, 4.69) is 0 Å². The quantitative estimate of drug-likeness (QED) is 0.574. The number of hydrogen-bond acceptors (Lipinski definition) is 4. The number of hydrogen-bond donors (Lipinski definition) is 0. The van der Waals surface area contributed by atoms with Crippen molar-refractivity contribution in [3.05, 3.63) is 95.5 Å². The van der Waals surface area contributed by atoms with Crippen LogP contribution in [0.3, 0.4) is 0 Å². The molecule has 6 heteroatoms. The standard InChI is InChI=1S/C24H19ClN2O3/c1-24-20(16-9-4-2-5-10-16)27(18-12-6-3-7-13-18)30-21(24)22(28)26(23(24)29)19-14-8-11-17(25)15-19/h2-15,20-21H,1H3/t20-,21-,24-/m1/s1. The molecule has 3 atom stereocenters. The van der Waals surface area contributed by atoms with E-state index in [1.165, 1.54) is 4.90 Å². The van der Waals surface area contributed by atoms with Gasteiger partial charge in [0.1, 0.15) is 5.41 Å². The monoisotopic (exact) mass is 418 g/mol. The average Bonchev–Trinajstić information content (AvgIpc) is 3.18. The molecule has 2 aliphatic heterocycles. The largest absolute Gasteiger partial charge is 0.273 e. The van der Waals surface area contributed by atoms with Crippen molar-refractivity contribution in [3.63, 3.8) is 0 Å². The Balaban J connectivity index is 1.64. The topological polar surface area (TPSA) is 49.9 Å². The van der Waals surface area contributed by atoms with Crippen LogP contribution >= 0.6 is 11.6 Å². The summed E-state index contributed by atoms with van der Waals surface area (Å²) in [5.74, 6) is -0.684.